The quantitative estimate of drug-likeness (QED) is 0.657. The maximum absolute atomic E-state index is 12.8. The molecule has 1 aromatic heterocycles. The zero-order chi connectivity index (χ0) is 16.8. The third-order valence-corrected chi connectivity index (χ3v) is 5.19. The van der Waals surface area contributed by atoms with Crippen molar-refractivity contribution in [1.82, 2.24) is 10.3 Å². The molecule has 4 nitrogen and oxygen atoms in total. The second kappa shape index (κ2) is 6.54. The summed E-state index contributed by atoms with van der Waals surface area (Å²) < 4.78 is 0. The Hall–Kier alpha value is -2.30. The molecule has 0 spiro atoms. The molecule has 25 heavy (non-hydrogen) atoms. The molecule has 5 heteroatoms. The molecule has 2 aromatic carbocycles. The van der Waals surface area contributed by atoms with E-state index in [4.69, 9.17) is 5.73 Å². The van der Waals surface area contributed by atoms with Crippen molar-refractivity contribution >= 4 is 29.2 Å². The van der Waals surface area contributed by atoms with Gasteiger partial charge in [0, 0.05) is 11.1 Å². The van der Waals surface area contributed by atoms with Crippen LogP contribution < -0.4 is 11.1 Å². The van der Waals surface area contributed by atoms with E-state index in [-0.39, 0.29) is 30.4 Å². The summed E-state index contributed by atoms with van der Waals surface area (Å²) in [7, 11) is 0. The number of carbonyl (C=O) groups is 1. The molecule has 0 saturated carbocycles. The average molecular weight is 356 g/mol. The number of halogens is 1. The second-order valence-electron chi connectivity index (χ2n) is 6.61. The molecule has 0 aliphatic heterocycles. The van der Waals surface area contributed by atoms with Gasteiger partial charge in [-0.2, -0.15) is 0 Å². The van der Waals surface area contributed by atoms with Crippen LogP contribution in [0.5, 0.6) is 0 Å². The van der Waals surface area contributed by atoms with Crippen LogP contribution in [-0.4, -0.2) is 16.9 Å². The minimum Gasteiger partial charge on any atom is -0.358 e. The van der Waals surface area contributed by atoms with Crippen molar-refractivity contribution in [3.63, 3.8) is 0 Å². The van der Waals surface area contributed by atoms with Crippen molar-refractivity contribution in [3.8, 4) is 0 Å². The van der Waals surface area contributed by atoms with Gasteiger partial charge in [-0.1, -0.05) is 36.4 Å². The highest BCUT2D eigenvalue weighted by Crippen LogP contribution is 2.30. The minimum atomic E-state index is -0.156. The fourth-order valence-electron chi connectivity index (χ4n) is 3.68. The first-order chi connectivity index (χ1) is 11.6. The maximum atomic E-state index is 12.8. The van der Waals surface area contributed by atoms with Crippen molar-refractivity contribution in [2.45, 2.75) is 32.4 Å². The molecule has 1 heterocycles. The third-order valence-electron chi connectivity index (χ3n) is 5.19. The Kier molecular flexibility index (Phi) is 4.58. The van der Waals surface area contributed by atoms with Gasteiger partial charge in [-0.25, -0.2) is 0 Å². The molecule has 3 aromatic rings. The highest BCUT2D eigenvalue weighted by atomic mass is 35.5. The molecule has 0 fully saturated rings. The molecular formula is C20H22ClN3O. The van der Waals surface area contributed by atoms with E-state index in [0.29, 0.717) is 5.56 Å². The van der Waals surface area contributed by atoms with Crippen LogP contribution in [0.25, 0.3) is 10.9 Å². The van der Waals surface area contributed by atoms with Gasteiger partial charge >= 0.3 is 0 Å². The highest BCUT2D eigenvalue weighted by Gasteiger charge is 2.31. The number of hydrogen-bond donors (Lipinski definition) is 3. The van der Waals surface area contributed by atoms with Crippen LogP contribution in [0.15, 0.2) is 42.5 Å². The van der Waals surface area contributed by atoms with E-state index in [1.54, 1.807) is 0 Å². The Bertz CT molecular complexity index is 947. The minimum absolute atomic E-state index is 0. The van der Waals surface area contributed by atoms with Gasteiger partial charge in [0.2, 0.25) is 0 Å². The van der Waals surface area contributed by atoms with Crippen molar-refractivity contribution in [2.75, 3.05) is 0 Å². The van der Waals surface area contributed by atoms with Gasteiger partial charge < -0.3 is 16.0 Å². The fourth-order valence-corrected chi connectivity index (χ4v) is 3.68. The number of fused-ring (bicyclic) bond motifs is 2. The second-order valence-corrected chi connectivity index (χ2v) is 6.61. The number of aromatic nitrogens is 1. The number of benzene rings is 2. The molecular weight excluding hydrogens is 334 g/mol. The number of aryl methyl sites for hydroxylation is 2. The largest absolute Gasteiger partial charge is 0.358 e. The van der Waals surface area contributed by atoms with Crippen LogP contribution in [0.4, 0.5) is 0 Å². The first kappa shape index (κ1) is 17.5. The van der Waals surface area contributed by atoms with E-state index in [1.807, 2.05) is 43.3 Å². The number of hydrogen-bond acceptors (Lipinski definition) is 2. The lowest BCUT2D eigenvalue weighted by molar-refractivity contribution is 0.0935. The van der Waals surface area contributed by atoms with Crippen molar-refractivity contribution < 1.29 is 4.79 Å². The van der Waals surface area contributed by atoms with Crippen LogP contribution in [0.1, 0.15) is 38.8 Å². The van der Waals surface area contributed by atoms with Gasteiger partial charge in [0.15, 0.2) is 0 Å². The number of carbonyl (C=O) groups excluding carboxylic acids is 1. The van der Waals surface area contributed by atoms with E-state index < -0.39 is 0 Å². The molecule has 4 rings (SSSR count). The van der Waals surface area contributed by atoms with E-state index in [9.17, 15) is 4.79 Å². The standard InChI is InChI=1S/C20H21N3O.ClH/c1-11-12(2)22-19-14(11)8-5-9-16(19)20(24)23-17-10-13-6-3-4-7-15(13)18(17)21;/h3-9,17-18,22H,10,21H2,1-2H3,(H,23,24);1H/t17-,18-;/m0./s1. The number of aromatic amines is 1. The molecule has 1 amide bonds. The number of amides is 1. The highest BCUT2D eigenvalue weighted by molar-refractivity contribution is 6.06. The normalized spacial score (nSPS) is 18.7. The first-order valence-electron chi connectivity index (χ1n) is 8.28. The Morgan fingerprint density at radius 3 is 2.68 bits per heavy atom. The van der Waals surface area contributed by atoms with Crippen molar-refractivity contribution in [1.29, 1.82) is 0 Å². The maximum Gasteiger partial charge on any atom is 0.253 e. The molecule has 0 radical (unpaired) electrons. The summed E-state index contributed by atoms with van der Waals surface area (Å²) in [5.74, 6) is -0.0740. The number of rotatable bonds is 2. The Balaban J connectivity index is 0.00000182. The van der Waals surface area contributed by atoms with Gasteiger partial charge in [0.25, 0.3) is 5.91 Å². The molecule has 2 atom stereocenters. The molecule has 1 aliphatic rings. The lowest BCUT2D eigenvalue weighted by Crippen LogP contribution is -2.40. The molecule has 130 valence electrons. The van der Waals surface area contributed by atoms with E-state index in [0.717, 1.165) is 28.6 Å². The molecule has 1 aliphatic carbocycles. The van der Waals surface area contributed by atoms with Gasteiger partial charge in [-0.15, -0.1) is 12.4 Å². The van der Waals surface area contributed by atoms with Gasteiger partial charge in [-0.05, 0) is 43.0 Å². The van der Waals surface area contributed by atoms with Crippen LogP contribution >= 0.6 is 12.4 Å². The predicted molar refractivity (Wildman–Crippen MR) is 103 cm³/mol. The molecule has 0 bridgehead atoms. The smallest absolute Gasteiger partial charge is 0.253 e. The summed E-state index contributed by atoms with van der Waals surface area (Å²) in [5.41, 5.74) is 12.5. The lowest BCUT2D eigenvalue weighted by atomic mass is 10.1. The number of nitrogens with one attached hydrogen (secondary N) is 2. The summed E-state index contributed by atoms with van der Waals surface area (Å²) in [5, 5.41) is 4.23. The number of H-pyrrole nitrogens is 1. The van der Waals surface area contributed by atoms with Gasteiger partial charge in [0.05, 0.1) is 23.2 Å². The first-order valence-corrected chi connectivity index (χ1v) is 8.28. The number of nitrogens with two attached hydrogens (primary N) is 1. The zero-order valence-electron chi connectivity index (χ0n) is 14.3. The van der Waals surface area contributed by atoms with Crippen LogP contribution in [-0.2, 0) is 6.42 Å². The van der Waals surface area contributed by atoms with Crippen molar-refractivity contribution in [3.05, 3.63) is 70.4 Å². The third kappa shape index (κ3) is 2.81. The molecule has 0 unspecified atom stereocenters. The SMILES string of the molecule is Cc1[nH]c2c(C(=O)N[C@H]3Cc4ccccc4[C@@H]3N)cccc2c1C.Cl. The fraction of sp³-hybridized carbons (Fsp3) is 0.250. The summed E-state index contributed by atoms with van der Waals surface area (Å²) >= 11 is 0. The van der Waals surface area contributed by atoms with E-state index in [1.165, 1.54) is 11.1 Å². The topological polar surface area (TPSA) is 70.9 Å². The Morgan fingerprint density at radius 1 is 1.16 bits per heavy atom. The van der Waals surface area contributed by atoms with Crippen LogP contribution in [0.3, 0.4) is 0 Å². The van der Waals surface area contributed by atoms with Crippen molar-refractivity contribution in [2.24, 2.45) is 5.73 Å². The summed E-state index contributed by atoms with van der Waals surface area (Å²) in [6.07, 6.45) is 0.780. The van der Waals surface area contributed by atoms with Gasteiger partial charge in [-0.3, -0.25) is 4.79 Å². The summed E-state index contributed by atoms with van der Waals surface area (Å²) in [4.78, 5) is 16.2. The number of para-hydroxylation sites is 1. The average Bonchev–Trinajstić information content (AvgIpc) is 3.05. The summed E-state index contributed by atoms with van der Waals surface area (Å²) in [6, 6.07) is 13.8. The Morgan fingerprint density at radius 2 is 1.92 bits per heavy atom. The lowest BCUT2D eigenvalue weighted by Gasteiger charge is -2.18. The van der Waals surface area contributed by atoms with Crippen LogP contribution in [0, 0.1) is 13.8 Å². The Labute approximate surface area is 153 Å². The monoisotopic (exact) mass is 355 g/mol. The van der Waals surface area contributed by atoms with Gasteiger partial charge in [0.1, 0.15) is 0 Å². The zero-order valence-corrected chi connectivity index (χ0v) is 15.1. The van der Waals surface area contributed by atoms with E-state index in [2.05, 4.69) is 23.3 Å². The molecule has 0 saturated heterocycles. The van der Waals surface area contributed by atoms with Crippen LogP contribution in [0.2, 0.25) is 0 Å². The summed E-state index contributed by atoms with van der Waals surface area (Å²) in [6.45, 7) is 4.10. The van der Waals surface area contributed by atoms with E-state index >= 15 is 0 Å². The predicted octanol–water partition coefficient (Wildman–Crippen LogP) is 3.56. The molecule has 4 N–H and O–H groups in total.